The third-order valence-electron chi connectivity index (χ3n) is 6.02. The van der Waals surface area contributed by atoms with Crippen LogP contribution in [0.1, 0.15) is 43.6 Å². The molecule has 0 atom stereocenters. The number of fused-ring (bicyclic) bond motifs is 2. The predicted molar refractivity (Wildman–Crippen MR) is 136 cm³/mol. The summed E-state index contributed by atoms with van der Waals surface area (Å²) in [6.45, 7) is 3.25. The van der Waals surface area contributed by atoms with E-state index in [9.17, 15) is 35.9 Å². The molecule has 0 aromatic carbocycles. The molecular formula is C26H16F6N6O6. The Kier molecular flexibility index (Phi) is 7.14. The zero-order valence-corrected chi connectivity index (χ0v) is 22.1. The molecular weight excluding hydrogens is 606 g/mol. The molecule has 0 saturated heterocycles. The standard InChI is InChI=1S/2C13H8F3N3O3/c2*1-6-4-8-10(22-6)9(2-3-17-8)19-11(13(14,15)16)7(5-18-19)12(20)21/h2*2-5H,1H3,(H,20,21). The van der Waals surface area contributed by atoms with E-state index in [-0.39, 0.29) is 22.5 Å². The lowest BCUT2D eigenvalue weighted by atomic mass is 10.2. The number of halogens is 6. The summed E-state index contributed by atoms with van der Waals surface area (Å²) in [7, 11) is 0. The largest absolute Gasteiger partial charge is 0.478 e. The Morgan fingerprint density at radius 2 is 1.07 bits per heavy atom. The van der Waals surface area contributed by atoms with E-state index in [1.165, 1.54) is 24.5 Å². The van der Waals surface area contributed by atoms with Gasteiger partial charge in [-0.15, -0.1) is 0 Å². The van der Waals surface area contributed by atoms with Gasteiger partial charge in [0.1, 0.15) is 45.1 Å². The summed E-state index contributed by atoms with van der Waals surface area (Å²) in [4.78, 5) is 30.0. The Morgan fingerprint density at radius 1 is 0.705 bits per heavy atom. The molecule has 0 spiro atoms. The van der Waals surface area contributed by atoms with Crippen molar-refractivity contribution >= 4 is 34.1 Å². The number of carbonyl (C=O) groups is 2. The van der Waals surface area contributed by atoms with Crippen molar-refractivity contribution in [2.45, 2.75) is 26.2 Å². The number of alkyl halides is 6. The quantitative estimate of drug-likeness (QED) is 0.220. The number of nitrogens with zero attached hydrogens (tertiary/aromatic N) is 6. The van der Waals surface area contributed by atoms with Gasteiger partial charge in [0, 0.05) is 24.5 Å². The van der Waals surface area contributed by atoms with Gasteiger partial charge in [0.2, 0.25) is 0 Å². The van der Waals surface area contributed by atoms with Gasteiger partial charge in [0.15, 0.2) is 22.6 Å². The van der Waals surface area contributed by atoms with E-state index >= 15 is 0 Å². The Labute approximate surface area is 239 Å². The van der Waals surface area contributed by atoms with Gasteiger partial charge in [-0.3, -0.25) is 9.97 Å². The van der Waals surface area contributed by atoms with Crippen LogP contribution >= 0.6 is 0 Å². The summed E-state index contributed by atoms with van der Waals surface area (Å²) in [5, 5.41) is 25.0. The summed E-state index contributed by atoms with van der Waals surface area (Å²) in [5.74, 6) is -2.48. The highest BCUT2D eigenvalue weighted by atomic mass is 19.4. The van der Waals surface area contributed by atoms with Gasteiger partial charge in [0.25, 0.3) is 0 Å². The first kappa shape index (κ1) is 29.8. The number of carboxylic acid groups (broad SMARTS) is 2. The second-order valence-corrected chi connectivity index (χ2v) is 9.05. The number of aromatic carboxylic acids is 2. The maximum Gasteiger partial charge on any atom is 0.434 e. The molecule has 0 radical (unpaired) electrons. The fourth-order valence-electron chi connectivity index (χ4n) is 4.34. The smallest absolute Gasteiger partial charge is 0.434 e. The molecule has 0 bridgehead atoms. The Morgan fingerprint density at radius 3 is 1.39 bits per heavy atom. The van der Waals surface area contributed by atoms with Crippen molar-refractivity contribution in [3.8, 4) is 11.4 Å². The summed E-state index contributed by atoms with van der Waals surface area (Å²) in [6.07, 6.45) is -5.85. The monoisotopic (exact) mass is 622 g/mol. The molecule has 0 saturated carbocycles. The topological polar surface area (TPSA) is 162 Å². The van der Waals surface area contributed by atoms with Crippen LogP contribution in [0.15, 0.2) is 57.9 Å². The van der Waals surface area contributed by atoms with E-state index in [1.54, 1.807) is 26.0 Å². The molecule has 2 N–H and O–H groups in total. The molecule has 0 fully saturated rings. The molecule has 0 aliphatic rings. The van der Waals surface area contributed by atoms with E-state index in [0.717, 1.165) is 0 Å². The fraction of sp³-hybridized carbons (Fsp3) is 0.154. The minimum Gasteiger partial charge on any atom is -0.478 e. The molecule has 228 valence electrons. The number of aromatic nitrogens is 6. The number of aryl methyl sites for hydroxylation is 2. The molecule has 44 heavy (non-hydrogen) atoms. The van der Waals surface area contributed by atoms with Crippen molar-refractivity contribution in [3.05, 3.63) is 83.1 Å². The third-order valence-corrected chi connectivity index (χ3v) is 6.02. The number of rotatable bonds is 4. The maximum atomic E-state index is 13.2. The van der Waals surface area contributed by atoms with Crippen molar-refractivity contribution in [1.29, 1.82) is 0 Å². The first-order chi connectivity index (χ1) is 20.6. The molecule has 0 unspecified atom stereocenters. The van der Waals surface area contributed by atoms with Crippen LogP contribution in [0, 0.1) is 13.8 Å². The highest BCUT2D eigenvalue weighted by molar-refractivity contribution is 5.90. The molecule has 6 aromatic rings. The van der Waals surface area contributed by atoms with E-state index in [4.69, 9.17) is 19.0 Å². The van der Waals surface area contributed by atoms with Gasteiger partial charge < -0.3 is 19.0 Å². The number of furan rings is 2. The lowest BCUT2D eigenvalue weighted by Crippen LogP contribution is -2.17. The van der Waals surface area contributed by atoms with Crippen molar-refractivity contribution < 1.29 is 55.0 Å². The van der Waals surface area contributed by atoms with Crippen molar-refractivity contribution in [2.24, 2.45) is 0 Å². The van der Waals surface area contributed by atoms with E-state index in [1.807, 2.05) is 0 Å². The van der Waals surface area contributed by atoms with Crippen LogP contribution in [-0.2, 0) is 12.4 Å². The summed E-state index contributed by atoms with van der Waals surface area (Å²) < 4.78 is 91.1. The van der Waals surface area contributed by atoms with Gasteiger partial charge in [-0.2, -0.15) is 36.5 Å². The Balaban J connectivity index is 0.000000175. The van der Waals surface area contributed by atoms with Crippen LogP contribution in [0.5, 0.6) is 0 Å². The molecule has 0 aliphatic carbocycles. The van der Waals surface area contributed by atoms with Crippen LogP contribution < -0.4 is 0 Å². The number of carboxylic acids is 2. The van der Waals surface area contributed by atoms with Gasteiger partial charge in [-0.1, -0.05) is 0 Å². The van der Waals surface area contributed by atoms with Crippen LogP contribution in [0.3, 0.4) is 0 Å². The van der Waals surface area contributed by atoms with Gasteiger partial charge in [0.05, 0.1) is 12.4 Å². The molecule has 12 nitrogen and oxygen atoms in total. The lowest BCUT2D eigenvalue weighted by molar-refractivity contribution is -0.144. The summed E-state index contributed by atoms with van der Waals surface area (Å²) >= 11 is 0. The van der Waals surface area contributed by atoms with E-state index in [0.29, 0.717) is 44.3 Å². The Hall–Kier alpha value is -5.68. The van der Waals surface area contributed by atoms with Crippen LogP contribution in [-0.4, -0.2) is 51.7 Å². The zero-order chi connectivity index (χ0) is 32.1. The lowest BCUT2D eigenvalue weighted by Gasteiger charge is -2.11. The molecule has 0 aliphatic heterocycles. The number of pyridine rings is 2. The highest BCUT2D eigenvalue weighted by Gasteiger charge is 2.42. The van der Waals surface area contributed by atoms with Crippen molar-refractivity contribution in [2.75, 3.05) is 0 Å². The van der Waals surface area contributed by atoms with Gasteiger partial charge in [-0.05, 0) is 26.0 Å². The summed E-state index contributed by atoms with van der Waals surface area (Å²) in [5.41, 5.74) is -3.75. The van der Waals surface area contributed by atoms with Gasteiger partial charge >= 0.3 is 24.3 Å². The average molecular weight is 622 g/mol. The van der Waals surface area contributed by atoms with Gasteiger partial charge in [-0.25, -0.2) is 19.0 Å². The minimum absolute atomic E-state index is 0.0297. The van der Waals surface area contributed by atoms with E-state index in [2.05, 4.69) is 20.2 Å². The SMILES string of the molecule is Cc1cc2nccc(-n3ncc(C(=O)O)c3C(F)(F)F)c2o1.Cc1cc2nccc(-n3ncc(C(=O)O)c3C(F)(F)F)c2o1. The molecule has 6 rings (SSSR count). The van der Waals surface area contributed by atoms with Crippen LogP contribution in [0.2, 0.25) is 0 Å². The van der Waals surface area contributed by atoms with Crippen molar-refractivity contribution in [3.63, 3.8) is 0 Å². The maximum absolute atomic E-state index is 13.2. The normalized spacial score (nSPS) is 12.0. The second kappa shape index (κ2) is 10.5. The Bertz CT molecular complexity index is 1910. The number of hydrogen-bond acceptors (Lipinski definition) is 8. The first-order valence-corrected chi connectivity index (χ1v) is 12.1. The molecule has 6 heterocycles. The predicted octanol–water partition coefficient (Wildman–Crippen LogP) is 6.08. The fourth-order valence-corrected chi connectivity index (χ4v) is 4.34. The number of hydrogen-bond donors (Lipinski definition) is 2. The van der Waals surface area contributed by atoms with Crippen LogP contribution in [0.4, 0.5) is 26.3 Å². The molecule has 18 heteroatoms. The summed E-state index contributed by atoms with van der Waals surface area (Å²) in [6, 6.07) is 5.68. The van der Waals surface area contributed by atoms with Crippen LogP contribution in [0.25, 0.3) is 33.6 Å². The molecule has 6 aromatic heterocycles. The highest BCUT2D eigenvalue weighted by Crippen LogP contribution is 2.36. The average Bonchev–Trinajstić information content (AvgIpc) is 3.69. The third kappa shape index (κ3) is 5.32. The molecule has 0 amide bonds. The minimum atomic E-state index is -4.89. The van der Waals surface area contributed by atoms with Crippen molar-refractivity contribution in [1.82, 2.24) is 29.5 Å². The van der Waals surface area contributed by atoms with E-state index < -0.39 is 46.8 Å². The zero-order valence-electron chi connectivity index (χ0n) is 22.1. The first-order valence-electron chi connectivity index (χ1n) is 12.1. The second-order valence-electron chi connectivity index (χ2n) is 9.05.